The van der Waals surface area contributed by atoms with Gasteiger partial charge in [-0.3, -0.25) is 9.59 Å². The van der Waals surface area contributed by atoms with Crippen molar-refractivity contribution < 1.29 is 14.3 Å². The predicted molar refractivity (Wildman–Crippen MR) is 66.7 cm³/mol. The van der Waals surface area contributed by atoms with Gasteiger partial charge in [0.1, 0.15) is 11.5 Å². The number of amides is 1. The number of halogens is 1. The van der Waals surface area contributed by atoms with E-state index < -0.39 is 0 Å². The van der Waals surface area contributed by atoms with Crippen molar-refractivity contribution in [1.82, 2.24) is 0 Å². The minimum absolute atomic E-state index is 0.133. The van der Waals surface area contributed by atoms with Crippen LogP contribution in [0.1, 0.15) is 13.3 Å². The van der Waals surface area contributed by atoms with Gasteiger partial charge in [0, 0.05) is 12.1 Å². The molecule has 0 radical (unpaired) electrons. The third-order valence-corrected chi connectivity index (χ3v) is 2.51. The molecule has 1 aromatic rings. The Labute approximate surface area is 105 Å². The van der Waals surface area contributed by atoms with Crippen LogP contribution in [0.15, 0.2) is 18.2 Å². The normalized spacial score (nSPS) is 9.88. The van der Waals surface area contributed by atoms with Crippen LogP contribution < -0.4 is 9.64 Å². The van der Waals surface area contributed by atoms with Crippen molar-refractivity contribution in [2.45, 2.75) is 13.3 Å². The first-order valence-electron chi connectivity index (χ1n) is 5.05. The Balaban J connectivity index is 3.01. The topological polar surface area (TPSA) is 46.6 Å². The van der Waals surface area contributed by atoms with Crippen LogP contribution in [0, 0.1) is 0 Å². The van der Waals surface area contributed by atoms with E-state index in [1.54, 1.807) is 25.2 Å². The Morgan fingerprint density at radius 3 is 2.59 bits per heavy atom. The first-order valence-corrected chi connectivity index (χ1v) is 5.43. The van der Waals surface area contributed by atoms with E-state index in [2.05, 4.69) is 0 Å². The van der Waals surface area contributed by atoms with Gasteiger partial charge in [0.15, 0.2) is 0 Å². The second kappa shape index (κ2) is 5.68. The third kappa shape index (κ3) is 3.46. The van der Waals surface area contributed by atoms with E-state index in [1.807, 2.05) is 0 Å². The molecule has 0 unspecified atom stereocenters. The molecule has 0 aliphatic carbocycles. The number of ether oxygens (including phenoxy) is 1. The van der Waals surface area contributed by atoms with Crippen molar-refractivity contribution in [3.05, 3.63) is 23.2 Å². The molecule has 0 bridgehead atoms. The lowest BCUT2D eigenvalue weighted by molar-refractivity contribution is -0.125. The second-order valence-corrected chi connectivity index (χ2v) is 4.08. The zero-order chi connectivity index (χ0) is 13.0. The number of carbonyl (C=O) groups excluding carboxylic acids is 2. The van der Waals surface area contributed by atoms with E-state index >= 15 is 0 Å². The molecular weight excluding hydrogens is 242 g/mol. The second-order valence-electron chi connectivity index (χ2n) is 3.65. The number of nitrogens with zero attached hydrogens (tertiary/aromatic N) is 1. The van der Waals surface area contributed by atoms with Gasteiger partial charge in [-0.25, -0.2) is 0 Å². The summed E-state index contributed by atoms with van der Waals surface area (Å²) in [5.41, 5.74) is 0.547. The van der Waals surface area contributed by atoms with Crippen LogP contribution >= 0.6 is 11.6 Å². The standard InChI is InChI=1S/C12H14ClNO3/c1-8(15)6-12(16)14(2)10-7-9(13)4-5-11(10)17-3/h4-5,7H,6H2,1-3H3. The molecule has 0 N–H and O–H groups in total. The molecular formula is C12H14ClNO3. The molecule has 0 atom stereocenters. The highest BCUT2D eigenvalue weighted by Gasteiger charge is 2.16. The Bertz CT molecular complexity index is 445. The number of Topliss-reactive ketones (excluding diaryl/α,β-unsaturated/α-hetero) is 1. The number of methoxy groups -OCH3 is 1. The molecule has 0 spiro atoms. The molecule has 17 heavy (non-hydrogen) atoms. The number of hydrogen-bond donors (Lipinski definition) is 0. The fraction of sp³-hybridized carbons (Fsp3) is 0.333. The quantitative estimate of drug-likeness (QED) is 0.776. The Kier molecular flexibility index (Phi) is 4.52. The number of hydrogen-bond acceptors (Lipinski definition) is 3. The summed E-state index contributed by atoms with van der Waals surface area (Å²) in [7, 11) is 3.09. The van der Waals surface area contributed by atoms with Crippen molar-refractivity contribution in [1.29, 1.82) is 0 Å². The summed E-state index contributed by atoms with van der Waals surface area (Å²) in [6.07, 6.45) is -0.133. The van der Waals surface area contributed by atoms with E-state index in [0.717, 1.165) is 0 Å². The van der Waals surface area contributed by atoms with E-state index in [9.17, 15) is 9.59 Å². The number of rotatable bonds is 4. The molecule has 0 aliphatic rings. The van der Waals surface area contributed by atoms with Gasteiger partial charge in [-0.1, -0.05) is 11.6 Å². The van der Waals surface area contributed by atoms with Gasteiger partial charge in [0.2, 0.25) is 5.91 Å². The van der Waals surface area contributed by atoms with E-state index in [0.29, 0.717) is 16.5 Å². The van der Waals surface area contributed by atoms with E-state index in [-0.39, 0.29) is 18.1 Å². The summed E-state index contributed by atoms with van der Waals surface area (Å²) in [5, 5.41) is 0.503. The van der Waals surface area contributed by atoms with Gasteiger partial charge in [-0.15, -0.1) is 0 Å². The number of benzene rings is 1. The van der Waals surface area contributed by atoms with Crippen LogP contribution in [0.4, 0.5) is 5.69 Å². The SMILES string of the molecule is COc1ccc(Cl)cc1N(C)C(=O)CC(C)=O. The van der Waals surface area contributed by atoms with Gasteiger partial charge in [-0.2, -0.15) is 0 Å². The summed E-state index contributed by atoms with van der Waals surface area (Å²) < 4.78 is 5.14. The van der Waals surface area contributed by atoms with Crippen LogP contribution in [-0.2, 0) is 9.59 Å². The highest BCUT2D eigenvalue weighted by atomic mass is 35.5. The molecule has 0 aromatic heterocycles. The highest BCUT2D eigenvalue weighted by molar-refractivity contribution is 6.31. The Morgan fingerprint density at radius 2 is 2.06 bits per heavy atom. The fourth-order valence-electron chi connectivity index (χ4n) is 1.39. The molecule has 0 fully saturated rings. The van der Waals surface area contributed by atoms with E-state index in [1.165, 1.54) is 18.9 Å². The Morgan fingerprint density at radius 1 is 1.41 bits per heavy atom. The molecule has 0 heterocycles. The average Bonchev–Trinajstić information content (AvgIpc) is 2.27. The molecule has 5 heteroatoms. The number of ketones is 1. The summed E-state index contributed by atoms with van der Waals surface area (Å²) >= 11 is 5.87. The lowest BCUT2D eigenvalue weighted by atomic mass is 10.2. The lowest BCUT2D eigenvalue weighted by Crippen LogP contribution is -2.28. The monoisotopic (exact) mass is 255 g/mol. The van der Waals surface area contributed by atoms with Gasteiger partial charge in [-0.05, 0) is 25.1 Å². The highest BCUT2D eigenvalue weighted by Crippen LogP contribution is 2.30. The van der Waals surface area contributed by atoms with Crippen molar-refractivity contribution in [3.63, 3.8) is 0 Å². The molecule has 1 amide bonds. The van der Waals surface area contributed by atoms with Gasteiger partial charge in [0.25, 0.3) is 0 Å². The maximum Gasteiger partial charge on any atom is 0.234 e. The summed E-state index contributed by atoms with van der Waals surface area (Å²) in [6, 6.07) is 4.97. The summed E-state index contributed by atoms with van der Waals surface area (Å²) in [6.45, 7) is 1.38. The van der Waals surface area contributed by atoms with Crippen molar-refractivity contribution in [2.75, 3.05) is 19.1 Å². The molecule has 92 valence electrons. The first-order chi connectivity index (χ1) is 7.95. The van der Waals surface area contributed by atoms with Crippen molar-refractivity contribution in [3.8, 4) is 5.75 Å². The first kappa shape index (κ1) is 13.5. The van der Waals surface area contributed by atoms with Gasteiger partial charge in [0.05, 0.1) is 19.2 Å². The van der Waals surface area contributed by atoms with Gasteiger partial charge < -0.3 is 9.64 Å². The molecule has 0 saturated carbocycles. The molecule has 4 nitrogen and oxygen atoms in total. The molecule has 1 aromatic carbocycles. The number of anilines is 1. The van der Waals surface area contributed by atoms with Crippen molar-refractivity contribution >= 4 is 29.0 Å². The van der Waals surface area contributed by atoms with Crippen molar-refractivity contribution in [2.24, 2.45) is 0 Å². The summed E-state index contributed by atoms with van der Waals surface area (Å²) in [5.74, 6) is 0.0645. The average molecular weight is 256 g/mol. The fourth-order valence-corrected chi connectivity index (χ4v) is 1.56. The predicted octanol–water partition coefficient (Wildman–Crippen LogP) is 2.29. The minimum Gasteiger partial charge on any atom is -0.495 e. The van der Waals surface area contributed by atoms with E-state index in [4.69, 9.17) is 16.3 Å². The zero-order valence-electron chi connectivity index (χ0n) is 9.99. The van der Waals surface area contributed by atoms with Crippen LogP contribution in [0.2, 0.25) is 5.02 Å². The van der Waals surface area contributed by atoms with Crippen LogP contribution in [0.3, 0.4) is 0 Å². The van der Waals surface area contributed by atoms with Crippen LogP contribution in [0.25, 0.3) is 0 Å². The van der Waals surface area contributed by atoms with Gasteiger partial charge >= 0.3 is 0 Å². The summed E-state index contributed by atoms with van der Waals surface area (Å²) in [4.78, 5) is 24.0. The Hall–Kier alpha value is -1.55. The minimum atomic E-state index is -0.293. The largest absolute Gasteiger partial charge is 0.495 e. The van der Waals surface area contributed by atoms with Crippen LogP contribution in [0.5, 0.6) is 5.75 Å². The lowest BCUT2D eigenvalue weighted by Gasteiger charge is -2.19. The molecule has 1 rings (SSSR count). The maximum atomic E-state index is 11.7. The van der Waals surface area contributed by atoms with Crippen LogP contribution in [-0.4, -0.2) is 25.8 Å². The number of carbonyl (C=O) groups is 2. The third-order valence-electron chi connectivity index (χ3n) is 2.28. The zero-order valence-corrected chi connectivity index (χ0v) is 10.7. The molecule has 0 aliphatic heterocycles. The molecule has 0 saturated heterocycles. The maximum absolute atomic E-state index is 11.7. The smallest absolute Gasteiger partial charge is 0.234 e.